The summed E-state index contributed by atoms with van der Waals surface area (Å²) in [6.07, 6.45) is 0. The molecule has 0 amide bonds. The standard InChI is InChI=1S/C21H22N4O4S/c1-26-17-5-3-16(4-6-17)24-10-8-23(9-11-24)13-25-21(30)29-20(22-25)15-2-7-18-19(12-15)28-14-27-18/h2-7,12H,8-11,13-14H2,1H3. The van der Waals surface area contributed by atoms with Crippen molar-refractivity contribution in [2.24, 2.45) is 0 Å². The van der Waals surface area contributed by atoms with Crippen molar-refractivity contribution in [3.8, 4) is 28.7 Å². The Morgan fingerprint density at radius 2 is 1.77 bits per heavy atom. The molecule has 0 unspecified atom stereocenters. The lowest BCUT2D eigenvalue weighted by molar-refractivity contribution is 0.174. The summed E-state index contributed by atoms with van der Waals surface area (Å²) in [5.74, 6) is 2.77. The summed E-state index contributed by atoms with van der Waals surface area (Å²) >= 11 is 5.39. The number of hydrogen-bond donors (Lipinski definition) is 0. The van der Waals surface area contributed by atoms with Crippen LogP contribution in [0.4, 0.5) is 5.69 Å². The molecule has 3 aromatic rings. The van der Waals surface area contributed by atoms with E-state index in [0.29, 0.717) is 23.1 Å². The Balaban J connectivity index is 1.23. The predicted molar refractivity (Wildman–Crippen MR) is 114 cm³/mol. The number of aromatic nitrogens is 2. The molecule has 0 spiro atoms. The molecule has 8 nitrogen and oxygen atoms in total. The molecular weight excluding hydrogens is 404 g/mol. The fourth-order valence-electron chi connectivity index (χ4n) is 3.67. The summed E-state index contributed by atoms with van der Waals surface area (Å²) in [6.45, 7) is 4.54. The Hall–Kier alpha value is -3.04. The number of methoxy groups -OCH3 is 1. The van der Waals surface area contributed by atoms with E-state index in [4.69, 9.17) is 30.8 Å². The number of benzene rings is 2. The first kappa shape index (κ1) is 19.0. The topological polar surface area (TPSA) is 65.1 Å². The number of nitrogens with zero attached hydrogens (tertiary/aromatic N) is 4. The number of anilines is 1. The van der Waals surface area contributed by atoms with Gasteiger partial charge in [-0.3, -0.25) is 4.90 Å². The first-order valence-corrected chi connectivity index (χ1v) is 10.2. The molecule has 1 aromatic heterocycles. The second-order valence-electron chi connectivity index (χ2n) is 7.19. The summed E-state index contributed by atoms with van der Waals surface area (Å²) in [6, 6.07) is 13.8. The summed E-state index contributed by atoms with van der Waals surface area (Å²) in [5, 5.41) is 4.58. The van der Waals surface area contributed by atoms with Gasteiger partial charge in [0.1, 0.15) is 5.75 Å². The lowest BCUT2D eigenvalue weighted by Crippen LogP contribution is -2.46. The lowest BCUT2D eigenvalue weighted by Gasteiger charge is -2.35. The van der Waals surface area contributed by atoms with Crippen LogP contribution in [-0.4, -0.2) is 54.8 Å². The minimum absolute atomic E-state index is 0.235. The van der Waals surface area contributed by atoms with E-state index in [1.807, 2.05) is 30.3 Å². The van der Waals surface area contributed by atoms with Crippen LogP contribution in [0.2, 0.25) is 0 Å². The molecule has 1 saturated heterocycles. The quantitative estimate of drug-likeness (QED) is 0.576. The number of fused-ring (bicyclic) bond motifs is 1. The predicted octanol–water partition coefficient (Wildman–Crippen LogP) is 3.39. The minimum Gasteiger partial charge on any atom is -0.497 e. The maximum atomic E-state index is 5.74. The monoisotopic (exact) mass is 426 g/mol. The Morgan fingerprint density at radius 1 is 1.00 bits per heavy atom. The molecule has 2 aliphatic rings. The Kier molecular flexibility index (Phi) is 5.06. The summed E-state index contributed by atoms with van der Waals surface area (Å²) in [7, 11) is 1.68. The Morgan fingerprint density at radius 3 is 2.53 bits per heavy atom. The molecule has 0 bridgehead atoms. The van der Waals surface area contributed by atoms with Crippen molar-refractivity contribution in [1.82, 2.24) is 14.7 Å². The molecule has 0 saturated carbocycles. The van der Waals surface area contributed by atoms with Crippen LogP contribution < -0.4 is 19.1 Å². The first-order valence-electron chi connectivity index (χ1n) is 9.79. The molecule has 30 heavy (non-hydrogen) atoms. The van der Waals surface area contributed by atoms with E-state index >= 15 is 0 Å². The molecule has 0 N–H and O–H groups in total. The SMILES string of the molecule is COc1ccc(N2CCN(Cn3nc(-c4ccc5c(c4)OCO5)oc3=S)CC2)cc1. The third kappa shape index (κ3) is 3.73. The highest BCUT2D eigenvalue weighted by atomic mass is 32.1. The van der Waals surface area contributed by atoms with Gasteiger partial charge in [-0.1, -0.05) is 0 Å². The molecule has 1 fully saturated rings. The molecule has 3 heterocycles. The number of ether oxygens (including phenoxy) is 3. The van der Waals surface area contributed by atoms with Crippen LogP contribution in [0.3, 0.4) is 0 Å². The van der Waals surface area contributed by atoms with Crippen LogP contribution in [0.25, 0.3) is 11.5 Å². The largest absolute Gasteiger partial charge is 0.497 e. The van der Waals surface area contributed by atoms with E-state index in [2.05, 4.69) is 27.0 Å². The number of hydrogen-bond acceptors (Lipinski definition) is 8. The van der Waals surface area contributed by atoms with Crippen molar-refractivity contribution in [2.75, 3.05) is 45.0 Å². The number of piperazine rings is 1. The fraction of sp³-hybridized carbons (Fsp3) is 0.333. The van der Waals surface area contributed by atoms with Gasteiger partial charge >= 0.3 is 0 Å². The van der Waals surface area contributed by atoms with Crippen LogP contribution in [0.1, 0.15) is 0 Å². The summed E-state index contributed by atoms with van der Waals surface area (Å²) in [4.78, 5) is 5.05. The summed E-state index contributed by atoms with van der Waals surface area (Å²) in [5.41, 5.74) is 2.02. The highest BCUT2D eigenvalue weighted by molar-refractivity contribution is 7.71. The van der Waals surface area contributed by atoms with Gasteiger partial charge in [0, 0.05) is 37.4 Å². The van der Waals surface area contributed by atoms with Gasteiger partial charge in [-0.2, -0.15) is 0 Å². The zero-order valence-corrected chi connectivity index (χ0v) is 17.4. The van der Waals surface area contributed by atoms with Crippen molar-refractivity contribution >= 4 is 17.9 Å². The Bertz CT molecular complexity index is 1090. The lowest BCUT2D eigenvalue weighted by atomic mass is 10.2. The third-order valence-corrected chi connectivity index (χ3v) is 5.66. The molecule has 0 radical (unpaired) electrons. The molecule has 156 valence electrons. The zero-order chi connectivity index (χ0) is 20.5. The highest BCUT2D eigenvalue weighted by Crippen LogP contribution is 2.35. The molecule has 5 rings (SSSR count). The fourth-order valence-corrected chi connectivity index (χ4v) is 3.85. The van der Waals surface area contributed by atoms with Gasteiger partial charge in [0.2, 0.25) is 12.7 Å². The highest BCUT2D eigenvalue weighted by Gasteiger charge is 2.20. The maximum absolute atomic E-state index is 5.74. The van der Waals surface area contributed by atoms with E-state index < -0.39 is 0 Å². The second kappa shape index (κ2) is 8.00. The van der Waals surface area contributed by atoms with Gasteiger partial charge in [-0.05, 0) is 54.7 Å². The number of rotatable bonds is 5. The minimum atomic E-state index is 0.235. The molecule has 0 atom stereocenters. The first-order chi connectivity index (χ1) is 14.7. The van der Waals surface area contributed by atoms with Crippen LogP contribution in [0, 0.1) is 4.84 Å². The van der Waals surface area contributed by atoms with Gasteiger partial charge < -0.3 is 23.5 Å². The second-order valence-corrected chi connectivity index (χ2v) is 7.53. The average Bonchev–Trinajstić information content (AvgIpc) is 3.40. The average molecular weight is 426 g/mol. The Labute approximate surface area is 179 Å². The van der Waals surface area contributed by atoms with E-state index in [1.54, 1.807) is 11.8 Å². The van der Waals surface area contributed by atoms with Crippen LogP contribution in [0.15, 0.2) is 46.9 Å². The molecule has 9 heteroatoms. The van der Waals surface area contributed by atoms with E-state index in [0.717, 1.165) is 43.2 Å². The smallest absolute Gasteiger partial charge is 0.288 e. The van der Waals surface area contributed by atoms with Crippen molar-refractivity contribution in [1.29, 1.82) is 0 Å². The van der Waals surface area contributed by atoms with Crippen molar-refractivity contribution in [2.45, 2.75) is 6.67 Å². The normalized spacial score (nSPS) is 16.1. The van der Waals surface area contributed by atoms with Crippen molar-refractivity contribution < 1.29 is 18.6 Å². The van der Waals surface area contributed by atoms with Crippen molar-refractivity contribution in [3.05, 3.63) is 47.3 Å². The van der Waals surface area contributed by atoms with Gasteiger partial charge in [0.25, 0.3) is 4.84 Å². The van der Waals surface area contributed by atoms with Gasteiger partial charge in [-0.25, -0.2) is 4.68 Å². The van der Waals surface area contributed by atoms with Crippen LogP contribution >= 0.6 is 12.2 Å². The van der Waals surface area contributed by atoms with Crippen LogP contribution in [0.5, 0.6) is 17.2 Å². The molecule has 0 aliphatic carbocycles. The third-order valence-electron chi connectivity index (χ3n) is 5.37. The zero-order valence-electron chi connectivity index (χ0n) is 16.6. The summed E-state index contributed by atoms with van der Waals surface area (Å²) < 4.78 is 23.5. The molecular formula is C21H22N4O4S. The van der Waals surface area contributed by atoms with Gasteiger partial charge in [-0.15, -0.1) is 5.10 Å². The molecule has 2 aliphatic heterocycles. The van der Waals surface area contributed by atoms with Gasteiger partial charge in [0.05, 0.1) is 13.8 Å². The van der Waals surface area contributed by atoms with E-state index in [1.165, 1.54) is 5.69 Å². The van der Waals surface area contributed by atoms with E-state index in [9.17, 15) is 0 Å². The maximum Gasteiger partial charge on any atom is 0.288 e. The van der Waals surface area contributed by atoms with E-state index in [-0.39, 0.29) is 6.79 Å². The van der Waals surface area contributed by atoms with Crippen LogP contribution in [-0.2, 0) is 6.67 Å². The van der Waals surface area contributed by atoms with Gasteiger partial charge in [0.15, 0.2) is 11.5 Å². The molecule has 2 aromatic carbocycles. The van der Waals surface area contributed by atoms with Crippen molar-refractivity contribution in [3.63, 3.8) is 0 Å².